The molecule has 3 N–H and O–H groups in total. The molecule has 0 spiro atoms. The quantitative estimate of drug-likeness (QED) is 0.744. The van der Waals surface area contributed by atoms with Crippen LogP contribution in [0.4, 0.5) is 5.69 Å². The number of nitrogens with one attached hydrogen (secondary N) is 1. The molecular weight excluding hydrogens is 342 g/mol. The number of likely N-dealkylation sites (tertiary alicyclic amines) is 1. The van der Waals surface area contributed by atoms with Crippen molar-refractivity contribution in [3.05, 3.63) is 48.3 Å². The lowest BCUT2D eigenvalue weighted by Gasteiger charge is -2.30. The van der Waals surface area contributed by atoms with Crippen molar-refractivity contribution in [2.75, 3.05) is 18.4 Å². The normalized spacial score (nSPS) is 15.6. The minimum absolute atomic E-state index is 0.00798. The van der Waals surface area contributed by atoms with Gasteiger partial charge in [-0.25, -0.2) is 0 Å². The average molecular weight is 369 g/mol. The lowest BCUT2D eigenvalue weighted by atomic mass is 9.96. The van der Waals surface area contributed by atoms with Crippen LogP contribution in [0, 0.1) is 5.92 Å². The summed E-state index contributed by atoms with van der Waals surface area (Å²) in [5.41, 5.74) is 7.37. The van der Waals surface area contributed by atoms with Gasteiger partial charge < -0.3 is 11.1 Å². The Hall–Kier alpha value is -2.67. The van der Waals surface area contributed by atoms with Gasteiger partial charge in [0.15, 0.2) is 0 Å². The van der Waals surface area contributed by atoms with Gasteiger partial charge in [-0.3, -0.25) is 19.2 Å². The maximum Gasteiger partial charge on any atom is 0.224 e. The Morgan fingerprint density at radius 1 is 1.22 bits per heavy atom. The van der Waals surface area contributed by atoms with E-state index >= 15 is 0 Å². The van der Waals surface area contributed by atoms with Gasteiger partial charge in [-0.1, -0.05) is 12.1 Å². The number of hydrogen-bond acceptors (Lipinski definition) is 4. The Labute approximate surface area is 159 Å². The van der Waals surface area contributed by atoms with Crippen LogP contribution in [-0.4, -0.2) is 39.6 Å². The van der Waals surface area contributed by atoms with Gasteiger partial charge in [-0.15, -0.1) is 0 Å². The van der Waals surface area contributed by atoms with Crippen molar-refractivity contribution in [1.29, 1.82) is 0 Å². The molecule has 7 nitrogen and oxygen atoms in total. The van der Waals surface area contributed by atoms with Crippen molar-refractivity contribution in [1.82, 2.24) is 14.7 Å². The first-order valence-corrected chi connectivity index (χ1v) is 9.48. The molecule has 2 aromatic rings. The fourth-order valence-corrected chi connectivity index (χ4v) is 3.44. The second-order valence-electron chi connectivity index (χ2n) is 7.07. The van der Waals surface area contributed by atoms with E-state index < -0.39 is 0 Å². The van der Waals surface area contributed by atoms with Crippen LogP contribution in [0.3, 0.4) is 0 Å². The number of rotatable bonds is 8. The molecule has 0 atom stereocenters. The molecule has 0 unspecified atom stereocenters. The molecule has 1 fully saturated rings. The highest BCUT2D eigenvalue weighted by atomic mass is 16.2. The lowest BCUT2D eigenvalue weighted by molar-refractivity contribution is -0.123. The third kappa shape index (κ3) is 5.92. The summed E-state index contributed by atoms with van der Waals surface area (Å²) in [6.45, 7) is 3.30. The summed E-state index contributed by atoms with van der Waals surface area (Å²) in [6, 6.07) is 9.83. The molecule has 2 heterocycles. The lowest BCUT2D eigenvalue weighted by Crippen LogP contribution is -2.38. The molecule has 0 bridgehead atoms. The number of piperidine rings is 1. The van der Waals surface area contributed by atoms with Crippen molar-refractivity contribution in [3.63, 3.8) is 0 Å². The van der Waals surface area contributed by atoms with Gasteiger partial charge in [0, 0.05) is 43.5 Å². The summed E-state index contributed by atoms with van der Waals surface area (Å²) in [4.78, 5) is 25.7. The monoisotopic (exact) mass is 369 g/mol. The van der Waals surface area contributed by atoms with E-state index in [-0.39, 0.29) is 17.7 Å². The zero-order valence-corrected chi connectivity index (χ0v) is 15.5. The van der Waals surface area contributed by atoms with E-state index in [2.05, 4.69) is 21.4 Å². The Bertz CT molecular complexity index is 751. The molecule has 1 aliphatic rings. The molecule has 0 aliphatic carbocycles. The predicted octanol–water partition coefficient (Wildman–Crippen LogP) is 2.00. The maximum absolute atomic E-state index is 12.1. The van der Waals surface area contributed by atoms with Crippen LogP contribution in [0.5, 0.6) is 0 Å². The molecule has 1 aromatic heterocycles. The van der Waals surface area contributed by atoms with E-state index in [0.717, 1.165) is 56.7 Å². The topological polar surface area (TPSA) is 93.3 Å². The number of hydrogen-bond donors (Lipinski definition) is 2. The fraction of sp³-hybridized carbons (Fsp3) is 0.450. The summed E-state index contributed by atoms with van der Waals surface area (Å²) < 4.78 is 1.83. The maximum atomic E-state index is 12.1. The van der Waals surface area contributed by atoms with Crippen LogP contribution < -0.4 is 11.1 Å². The van der Waals surface area contributed by atoms with E-state index in [1.807, 2.05) is 35.1 Å². The Kier molecular flexibility index (Phi) is 6.59. The largest absolute Gasteiger partial charge is 0.369 e. The third-order valence-electron chi connectivity index (χ3n) is 4.96. The van der Waals surface area contributed by atoms with E-state index in [4.69, 9.17) is 5.73 Å². The number of amides is 2. The number of anilines is 1. The van der Waals surface area contributed by atoms with Crippen LogP contribution in [0.2, 0.25) is 0 Å². The van der Waals surface area contributed by atoms with Crippen molar-refractivity contribution < 1.29 is 9.59 Å². The van der Waals surface area contributed by atoms with Gasteiger partial charge in [-0.05, 0) is 56.1 Å². The molecule has 0 radical (unpaired) electrons. The number of aryl methyl sites for hydroxylation is 1. The van der Waals surface area contributed by atoms with Gasteiger partial charge in [0.25, 0.3) is 0 Å². The predicted molar refractivity (Wildman–Crippen MR) is 104 cm³/mol. The summed E-state index contributed by atoms with van der Waals surface area (Å²) in [7, 11) is 0. The second-order valence-corrected chi connectivity index (χ2v) is 7.07. The van der Waals surface area contributed by atoms with Crippen molar-refractivity contribution >= 4 is 17.5 Å². The highest BCUT2D eigenvalue weighted by molar-refractivity contribution is 5.90. The van der Waals surface area contributed by atoms with Crippen LogP contribution >= 0.6 is 0 Å². The van der Waals surface area contributed by atoms with Crippen molar-refractivity contribution in [2.24, 2.45) is 11.7 Å². The van der Waals surface area contributed by atoms with E-state index in [1.54, 1.807) is 6.20 Å². The molecule has 1 saturated heterocycles. The SMILES string of the molecule is NC(=O)C1CCN(Cc2cccc(NC(=O)CCCn3cccn3)c2)CC1. The van der Waals surface area contributed by atoms with Crippen LogP contribution in [0.1, 0.15) is 31.2 Å². The fourth-order valence-electron chi connectivity index (χ4n) is 3.44. The Morgan fingerprint density at radius 2 is 2.04 bits per heavy atom. The number of nitrogens with two attached hydrogens (primary N) is 1. The first kappa shape index (κ1) is 19.1. The van der Waals surface area contributed by atoms with Crippen LogP contribution in [0.25, 0.3) is 0 Å². The smallest absolute Gasteiger partial charge is 0.224 e. The molecule has 144 valence electrons. The molecule has 1 aromatic carbocycles. The zero-order valence-electron chi connectivity index (χ0n) is 15.5. The van der Waals surface area contributed by atoms with Gasteiger partial charge in [0.2, 0.25) is 11.8 Å². The highest BCUT2D eigenvalue weighted by Gasteiger charge is 2.22. The van der Waals surface area contributed by atoms with Crippen LogP contribution in [-0.2, 0) is 22.7 Å². The van der Waals surface area contributed by atoms with Crippen LogP contribution in [0.15, 0.2) is 42.7 Å². The van der Waals surface area contributed by atoms with E-state index in [1.165, 1.54) is 0 Å². The molecule has 1 aliphatic heterocycles. The number of benzene rings is 1. The minimum atomic E-state index is -0.188. The first-order valence-electron chi connectivity index (χ1n) is 9.48. The Morgan fingerprint density at radius 3 is 2.74 bits per heavy atom. The molecule has 2 amide bonds. The molecule has 27 heavy (non-hydrogen) atoms. The van der Waals surface area contributed by atoms with Gasteiger partial charge in [0.05, 0.1) is 0 Å². The molecule has 3 rings (SSSR count). The second kappa shape index (κ2) is 9.32. The molecule has 0 saturated carbocycles. The van der Waals surface area contributed by atoms with E-state index in [9.17, 15) is 9.59 Å². The number of nitrogens with zero attached hydrogens (tertiary/aromatic N) is 3. The first-order chi connectivity index (χ1) is 13.1. The van der Waals surface area contributed by atoms with Crippen molar-refractivity contribution in [2.45, 2.75) is 38.8 Å². The summed E-state index contributed by atoms with van der Waals surface area (Å²) in [5, 5.41) is 7.11. The molecular formula is C20H27N5O2. The van der Waals surface area contributed by atoms with Gasteiger partial charge in [-0.2, -0.15) is 5.10 Å². The third-order valence-corrected chi connectivity index (χ3v) is 4.96. The minimum Gasteiger partial charge on any atom is -0.369 e. The van der Waals surface area contributed by atoms with Gasteiger partial charge >= 0.3 is 0 Å². The summed E-state index contributed by atoms with van der Waals surface area (Å²) in [5.74, 6) is -0.165. The van der Waals surface area contributed by atoms with Gasteiger partial charge in [0.1, 0.15) is 0 Å². The number of carbonyl (C=O) groups is 2. The number of aromatic nitrogens is 2. The molecule has 7 heteroatoms. The average Bonchev–Trinajstić information content (AvgIpc) is 3.16. The number of carbonyl (C=O) groups excluding carboxylic acids is 2. The zero-order chi connectivity index (χ0) is 19.1. The Balaban J connectivity index is 1.44. The summed E-state index contributed by atoms with van der Waals surface area (Å²) in [6.07, 6.45) is 6.49. The highest BCUT2D eigenvalue weighted by Crippen LogP contribution is 2.20. The summed E-state index contributed by atoms with van der Waals surface area (Å²) >= 11 is 0. The standard InChI is InChI=1S/C20H27N5O2/c21-20(27)17-7-12-24(13-8-17)15-16-4-1-5-18(14-16)23-19(26)6-2-10-25-11-3-9-22-25/h1,3-5,9,11,14,17H,2,6-8,10,12-13,15H2,(H2,21,27)(H,23,26). The van der Waals surface area contributed by atoms with Crippen molar-refractivity contribution in [3.8, 4) is 0 Å². The van der Waals surface area contributed by atoms with E-state index in [0.29, 0.717) is 6.42 Å². The number of primary amides is 1.